The van der Waals surface area contributed by atoms with Gasteiger partial charge in [-0.2, -0.15) is 0 Å². The summed E-state index contributed by atoms with van der Waals surface area (Å²) in [7, 11) is 0. The Bertz CT molecular complexity index is 328. The highest BCUT2D eigenvalue weighted by atomic mass is 16.3. The Morgan fingerprint density at radius 1 is 1.56 bits per heavy atom. The zero-order chi connectivity index (χ0) is 11.4. The third-order valence-corrected chi connectivity index (χ3v) is 3.33. The van der Waals surface area contributed by atoms with E-state index in [0.717, 1.165) is 25.1 Å². The monoisotopic (exact) mass is 220 g/mol. The maximum Gasteiger partial charge on any atom is 0.125 e. The normalized spacial score (nSPS) is 30.0. The Labute approximate surface area is 96.9 Å². The molecule has 0 aromatic carbocycles. The highest BCUT2D eigenvalue weighted by Crippen LogP contribution is 2.32. The summed E-state index contributed by atoms with van der Waals surface area (Å²) in [6, 6.07) is 5.76. The number of aromatic nitrogens is 1. The second-order valence-electron chi connectivity index (χ2n) is 4.99. The van der Waals surface area contributed by atoms with E-state index in [0.29, 0.717) is 12.5 Å². The molecular formula is C13H20N2O. The largest absolute Gasteiger partial charge is 0.388 e. The number of anilines is 1. The lowest BCUT2D eigenvalue weighted by Gasteiger charge is -2.35. The van der Waals surface area contributed by atoms with Gasteiger partial charge in [0.15, 0.2) is 0 Å². The van der Waals surface area contributed by atoms with Gasteiger partial charge in [-0.25, -0.2) is 4.98 Å². The van der Waals surface area contributed by atoms with Crippen molar-refractivity contribution in [2.45, 2.75) is 38.2 Å². The Morgan fingerprint density at radius 3 is 3.12 bits per heavy atom. The van der Waals surface area contributed by atoms with Gasteiger partial charge in [-0.1, -0.05) is 25.8 Å². The predicted octanol–water partition coefficient (Wildman–Crippen LogP) is 2.43. The van der Waals surface area contributed by atoms with Crippen molar-refractivity contribution in [3.63, 3.8) is 0 Å². The number of pyridine rings is 1. The quantitative estimate of drug-likeness (QED) is 0.822. The number of nitrogens with zero attached hydrogens (tertiary/aromatic N) is 1. The van der Waals surface area contributed by atoms with Crippen molar-refractivity contribution in [1.82, 2.24) is 4.98 Å². The topological polar surface area (TPSA) is 45.1 Å². The second kappa shape index (κ2) is 4.83. The van der Waals surface area contributed by atoms with Crippen molar-refractivity contribution >= 4 is 5.82 Å². The van der Waals surface area contributed by atoms with Crippen LogP contribution < -0.4 is 5.32 Å². The molecule has 1 aromatic rings. The molecule has 0 spiro atoms. The van der Waals surface area contributed by atoms with Crippen LogP contribution in [0.3, 0.4) is 0 Å². The number of aliphatic hydroxyl groups is 1. The molecule has 1 aliphatic rings. The summed E-state index contributed by atoms with van der Waals surface area (Å²) < 4.78 is 0. The molecule has 1 aliphatic carbocycles. The van der Waals surface area contributed by atoms with Crippen molar-refractivity contribution in [3.05, 3.63) is 24.4 Å². The third kappa shape index (κ3) is 2.95. The second-order valence-corrected chi connectivity index (χ2v) is 4.99. The van der Waals surface area contributed by atoms with E-state index in [1.807, 2.05) is 18.2 Å². The van der Waals surface area contributed by atoms with E-state index in [-0.39, 0.29) is 0 Å². The van der Waals surface area contributed by atoms with Crippen molar-refractivity contribution in [3.8, 4) is 0 Å². The van der Waals surface area contributed by atoms with Crippen LogP contribution in [0.15, 0.2) is 24.4 Å². The molecular weight excluding hydrogens is 200 g/mol. The SMILES string of the molecule is CC1CCCC(O)(CNc2ccccn2)C1. The smallest absolute Gasteiger partial charge is 0.125 e. The fourth-order valence-corrected chi connectivity index (χ4v) is 2.52. The minimum Gasteiger partial charge on any atom is -0.388 e. The van der Waals surface area contributed by atoms with Gasteiger partial charge in [-0.05, 0) is 30.9 Å². The van der Waals surface area contributed by atoms with Gasteiger partial charge in [0.25, 0.3) is 0 Å². The Hall–Kier alpha value is -1.09. The molecule has 2 atom stereocenters. The minimum absolute atomic E-state index is 0.546. The molecule has 2 unspecified atom stereocenters. The van der Waals surface area contributed by atoms with E-state index < -0.39 is 5.60 Å². The molecule has 2 N–H and O–H groups in total. The van der Waals surface area contributed by atoms with E-state index in [2.05, 4.69) is 17.2 Å². The summed E-state index contributed by atoms with van der Waals surface area (Å²) in [6.45, 7) is 2.82. The zero-order valence-electron chi connectivity index (χ0n) is 9.82. The Balaban J connectivity index is 1.89. The van der Waals surface area contributed by atoms with Crippen LogP contribution in [0.1, 0.15) is 32.6 Å². The molecule has 0 bridgehead atoms. The van der Waals surface area contributed by atoms with Crippen molar-refractivity contribution < 1.29 is 5.11 Å². The molecule has 0 saturated heterocycles. The summed E-state index contributed by atoms with van der Waals surface area (Å²) >= 11 is 0. The van der Waals surface area contributed by atoms with Gasteiger partial charge in [-0.3, -0.25) is 0 Å². The molecule has 1 heterocycles. The average molecular weight is 220 g/mol. The number of hydrogen-bond donors (Lipinski definition) is 2. The van der Waals surface area contributed by atoms with Crippen molar-refractivity contribution in [2.24, 2.45) is 5.92 Å². The van der Waals surface area contributed by atoms with Crippen LogP contribution in [0.2, 0.25) is 0 Å². The van der Waals surface area contributed by atoms with Crippen LogP contribution in [0.5, 0.6) is 0 Å². The molecule has 3 heteroatoms. The van der Waals surface area contributed by atoms with E-state index >= 15 is 0 Å². The summed E-state index contributed by atoms with van der Waals surface area (Å²) in [4.78, 5) is 4.19. The van der Waals surface area contributed by atoms with Gasteiger partial charge < -0.3 is 10.4 Å². The third-order valence-electron chi connectivity index (χ3n) is 3.33. The highest BCUT2D eigenvalue weighted by molar-refractivity contribution is 5.33. The van der Waals surface area contributed by atoms with Gasteiger partial charge in [0.2, 0.25) is 0 Å². The van der Waals surface area contributed by atoms with Gasteiger partial charge in [0, 0.05) is 12.7 Å². The summed E-state index contributed by atoms with van der Waals surface area (Å²) in [5, 5.41) is 13.6. The molecule has 88 valence electrons. The number of nitrogens with one attached hydrogen (secondary N) is 1. The first-order valence-electron chi connectivity index (χ1n) is 6.05. The van der Waals surface area contributed by atoms with Crippen LogP contribution in [-0.4, -0.2) is 22.2 Å². The molecule has 1 fully saturated rings. The lowest BCUT2D eigenvalue weighted by Crippen LogP contribution is -2.41. The lowest BCUT2D eigenvalue weighted by molar-refractivity contribution is -0.000825. The van der Waals surface area contributed by atoms with Gasteiger partial charge in [-0.15, -0.1) is 0 Å². The van der Waals surface area contributed by atoms with Crippen molar-refractivity contribution in [1.29, 1.82) is 0 Å². The first-order valence-corrected chi connectivity index (χ1v) is 6.05. The number of hydrogen-bond acceptors (Lipinski definition) is 3. The van der Waals surface area contributed by atoms with E-state index in [1.54, 1.807) is 6.20 Å². The molecule has 0 radical (unpaired) electrons. The molecule has 1 saturated carbocycles. The van der Waals surface area contributed by atoms with E-state index in [9.17, 15) is 5.11 Å². The van der Waals surface area contributed by atoms with Gasteiger partial charge in [0.1, 0.15) is 5.82 Å². The molecule has 16 heavy (non-hydrogen) atoms. The van der Waals surface area contributed by atoms with Crippen LogP contribution >= 0.6 is 0 Å². The summed E-state index contributed by atoms with van der Waals surface area (Å²) in [6.07, 6.45) is 5.92. The minimum atomic E-state index is -0.546. The fourth-order valence-electron chi connectivity index (χ4n) is 2.52. The standard InChI is InChI=1S/C13H20N2O/c1-11-5-4-7-13(16,9-11)10-15-12-6-2-3-8-14-12/h2-3,6,8,11,16H,4-5,7,9-10H2,1H3,(H,14,15). The molecule has 0 amide bonds. The van der Waals surface area contributed by atoms with Crippen LogP contribution in [0.4, 0.5) is 5.82 Å². The summed E-state index contributed by atoms with van der Waals surface area (Å²) in [5.74, 6) is 1.47. The maximum absolute atomic E-state index is 10.4. The Kier molecular flexibility index (Phi) is 3.44. The maximum atomic E-state index is 10.4. The molecule has 0 aliphatic heterocycles. The number of rotatable bonds is 3. The zero-order valence-corrected chi connectivity index (χ0v) is 9.82. The van der Waals surface area contributed by atoms with Crippen molar-refractivity contribution in [2.75, 3.05) is 11.9 Å². The first-order chi connectivity index (χ1) is 7.68. The molecule has 1 aromatic heterocycles. The molecule has 2 rings (SSSR count). The predicted molar refractivity (Wildman–Crippen MR) is 65.3 cm³/mol. The lowest BCUT2D eigenvalue weighted by atomic mass is 9.79. The van der Waals surface area contributed by atoms with E-state index in [4.69, 9.17) is 0 Å². The first kappa shape index (κ1) is 11.4. The van der Waals surface area contributed by atoms with Crippen LogP contribution in [-0.2, 0) is 0 Å². The summed E-state index contributed by atoms with van der Waals surface area (Å²) in [5.41, 5.74) is -0.546. The highest BCUT2D eigenvalue weighted by Gasteiger charge is 2.32. The van der Waals surface area contributed by atoms with Gasteiger partial charge >= 0.3 is 0 Å². The van der Waals surface area contributed by atoms with Crippen LogP contribution in [0.25, 0.3) is 0 Å². The molecule has 3 nitrogen and oxygen atoms in total. The Morgan fingerprint density at radius 2 is 2.44 bits per heavy atom. The average Bonchev–Trinajstić information content (AvgIpc) is 2.28. The van der Waals surface area contributed by atoms with Gasteiger partial charge in [0.05, 0.1) is 5.60 Å². The van der Waals surface area contributed by atoms with Crippen LogP contribution in [0, 0.1) is 5.92 Å². The van der Waals surface area contributed by atoms with E-state index in [1.165, 1.54) is 6.42 Å². The fraction of sp³-hybridized carbons (Fsp3) is 0.615.